The topological polar surface area (TPSA) is 82.1 Å². The molecule has 0 bridgehead atoms. The molecule has 0 saturated carbocycles. The fourth-order valence-electron chi connectivity index (χ4n) is 2.48. The Bertz CT molecular complexity index is 760. The Hall–Kier alpha value is -2.48. The van der Waals surface area contributed by atoms with Crippen molar-refractivity contribution in [3.63, 3.8) is 0 Å². The minimum atomic E-state index is -0.960. The van der Waals surface area contributed by atoms with Gasteiger partial charge in [-0.3, -0.25) is 14.5 Å². The highest BCUT2D eigenvalue weighted by molar-refractivity contribution is 8.18. The number of benzene rings is 1. The van der Waals surface area contributed by atoms with Crippen LogP contribution in [-0.4, -0.2) is 47.9 Å². The van der Waals surface area contributed by atoms with Crippen LogP contribution in [-0.2, 0) is 14.3 Å². The summed E-state index contributed by atoms with van der Waals surface area (Å²) >= 11 is 0.797. The summed E-state index contributed by atoms with van der Waals surface area (Å²) in [5.41, 5.74) is 0.707. The first-order valence-electron chi connectivity index (χ1n) is 7.84. The number of hydrogen-bond acceptors (Lipinski definition) is 7. The zero-order valence-corrected chi connectivity index (χ0v) is 14.6. The van der Waals surface area contributed by atoms with E-state index in [0.717, 1.165) is 16.7 Å². The van der Waals surface area contributed by atoms with E-state index in [9.17, 15) is 14.4 Å². The molecule has 8 heteroatoms. The van der Waals surface area contributed by atoms with Crippen LogP contribution < -0.4 is 9.47 Å². The van der Waals surface area contributed by atoms with Crippen molar-refractivity contribution in [2.75, 3.05) is 19.8 Å². The van der Waals surface area contributed by atoms with E-state index in [0.29, 0.717) is 30.3 Å². The van der Waals surface area contributed by atoms with Gasteiger partial charge < -0.3 is 14.2 Å². The molecule has 1 aromatic carbocycles. The molecule has 0 radical (unpaired) electrons. The Morgan fingerprint density at radius 3 is 2.76 bits per heavy atom. The summed E-state index contributed by atoms with van der Waals surface area (Å²) in [7, 11) is 0. The first-order valence-corrected chi connectivity index (χ1v) is 8.66. The minimum absolute atomic E-state index is 0.187. The van der Waals surface area contributed by atoms with Gasteiger partial charge >= 0.3 is 5.97 Å². The summed E-state index contributed by atoms with van der Waals surface area (Å²) < 4.78 is 15.8. The van der Waals surface area contributed by atoms with Crippen molar-refractivity contribution in [1.82, 2.24) is 4.90 Å². The van der Waals surface area contributed by atoms with Crippen molar-refractivity contribution in [2.45, 2.75) is 19.9 Å². The Labute approximate surface area is 148 Å². The summed E-state index contributed by atoms with van der Waals surface area (Å²) in [4.78, 5) is 37.6. The quantitative estimate of drug-likeness (QED) is 0.600. The van der Waals surface area contributed by atoms with Crippen molar-refractivity contribution >= 4 is 35.0 Å². The van der Waals surface area contributed by atoms with Crippen LogP contribution in [0.3, 0.4) is 0 Å². The Balaban J connectivity index is 1.82. The molecule has 2 aliphatic rings. The van der Waals surface area contributed by atoms with Crippen molar-refractivity contribution in [1.29, 1.82) is 0 Å². The number of ether oxygens (including phenoxy) is 3. The summed E-state index contributed by atoms with van der Waals surface area (Å²) in [6, 6.07) is 4.32. The highest BCUT2D eigenvalue weighted by Gasteiger charge is 2.41. The van der Waals surface area contributed by atoms with Crippen LogP contribution in [0.4, 0.5) is 4.79 Å². The van der Waals surface area contributed by atoms with Crippen LogP contribution in [0.25, 0.3) is 6.08 Å². The zero-order chi connectivity index (χ0) is 18.0. The number of imide groups is 1. The van der Waals surface area contributed by atoms with E-state index in [-0.39, 0.29) is 11.5 Å². The average molecular weight is 363 g/mol. The van der Waals surface area contributed by atoms with Crippen LogP contribution >= 0.6 is 11.8 Å². The summed E-state index contributed by atoms with van der Waals surface area (Å²) in [5.74, 6) is 0.127. The number of carbonyl (C=O) groups excluding carboxylic acids is 3. The number of thioether (sulfide) groups is 1. The molecule has 0 unspecified atom stereocenters. The molecule has 1 atom stereocenters. The van der Waals surface area contributed by atoms with Gasteiger partial charge in [0.15, 0.2) is 11.5 Å². The fraction of sp³-hybridized carbons (Fsp3) is 0.353. The van der Waals surface area contributed by atoms with E-state index in [1.807, 2.05) is 0 Å². The first kappa shape index (κ1) is 17.3. The number of amides is 2. The van der Waals surface area contributed by atoms with Crippen molar-refractivity contribution in [3.8, 4) is 11.5 Å². The largest absolute Gasteiger partial charge is 0.486 e. The van der Waals surface area contributed by atoms with Crippen LogP contribution in [0.5, 0.6) is 11.5 Å². The van der Waals surface area contributed by atoms with Gasteiger partial charge in [0, 0.05) is 0 Å². The maximum absolute atomic E-state index is 12.5. The molecule has 0 aliphatic carbocycles. The lowest BCUT2D eigenvalue weighted by atomic mass is 10.1. The lowest BCUT2D eigenvalue weighted by Gasteiger charge is -2.19. The molecular formula is C17H17NO6S. The van der Waals surface area contributed by atoms with E-state index < -0.39 is 23.2 Å². The number of hydrogen-bond donors (Lipinski definition) is 0. The molecule has 2 amide bonds. The van der Waals surface area contributed by atoms with E-state index in [1.165, 1.54) is 6.92 Å². The van der Waals surface area contributed by atoms with Gasteiger partial charge in [0.2, 0.25) is 0 Å². The van der Waals surface area contributed by atoms with Crippen molar-refractivity contribution in [3.05, 3.63) is 28.7 Å². The van der Waals surface area contributed by atoms with Gasteiger partial charge in [-0.1, -0.05) is 6.07 Å². The Morgan fingerprint density at radius 1 is 1.32 bits per heavy atom. The predicted molar refractivity (Wildman–Crippen MR) is 91.3 cm³/mol. The lowest BCUT2D eigenvalue weighted by Crippen LogP contribution is -2.42. The molecule has 7 nitrogen and oxygen atoms in total. The van der Waals surface area contributed by atoms with E-state index in [4.69, 9.17) is 14.2 Å². The molecule has 132 valence electrons. The molecule has 1 saturated heterocycles. The fourth-order valence-corrected chi connectivity index (χ4v) is 3.39. The summed E-state index contributed by atoms with van der Waals surface area (Å²) in [6.07, 6.45) is 1.60. The Kier molecular flexibility index (Phi) is 4.98. The third-order valence-corrected chi connectivity index (χ3v) is 4.59. The van der Waals surface area contributed by atoms with Crippen LogP contribution in [0.15, 0.2) is 23.1 Å². The number of fused-ring (bicyclic) bond motifs is 1. The van der Waals surface area contributed by atoms with Crippen molar-refractivity contribution < 1.29 is 28.6 Å². The lowest BCUT2D eigenvalue weighted by molar-refractivity contribution is -0.150. The molecule has 0 N–H and O–H groups in total. The molecule has 3 rings (SSSR count). The van der Waals surface area contributed by atoms with Gasteiger partial charge in [-0.25, -0.2) is 4.79 Å². The first-order chi connectivity index (χ1) is 12.0. The standard InChI is InChI=1S/C17H17NO6S/c1-3-22-16(20)10(2)18-15(19)14(25-17(18)21)9-11-4-5-12-13(8-11)24-7-6-23-12/h4-5,8-10H,3,6-7H2,1-2H3/b14-9-/t10-/m0/s1. The second-order valence-electron chi connectivity index (χ2n) is 5.38. The molecule has 1 fully saturated rings. The van der Waals surface area contributed by atoms with Gasteiger partial charge in [0.25, 0.3) is 11.1 Å². The van der Waals surface area contributed by atoms with Gasteiger partial charge in [-0.2, -0.15) is 0 Å². The molecule has 1 aromatic rings. The van der Waals surface area contributed by atoms with E-state index in [1.54, 1.807) is 31.2 Å². The molecule has 0 aromatic heterocycles. The summed E-state index contributed by atoms with van der Waals surface area (Å²) in [5, 5.41) is -0.491. The molecule has 0 spiro atoms. The van der Waals surface area contributed by atoms with E-state index >= 15 is 0 Å². The second kappa shape index (κ2) is 7.18. The second-order valence-corrected chi connectivity index (χ2v) is 6.38. The smallest absolute Gasteiger partial charge is 0.329 e. The maximum atomic E-state index is 12.5. The monoisotopic (exact) mass is 363 g/mol. The minimum Gasteiger partial charge on any atom is -0.486 e. The molecule has 25 heavy (non-hydrogen) atoms. The molecule has 2 aliphatic heterocycles. The zero-order valence-electron chi connectivity index (χ0n) is 13.8. The van der Waals surface area contributed by atoms with Crippen LogP contribution in [0.2, 0.25) is 0 Å². The van der Waals surface area contributed by atoms with Gasteiger partial charge in [-0.05, 0) is 49.4 Å². The third-order valence-electron chi connectivity index (χ3n) is 3.70. The maximum Gasteiger partial charge on any atom is 0.329 e. The normalized spacial score (nSPS) is 19.3. The number of esters is 1. The van der Waals surface area contributed by atoms with Gasteiger partial charge in [0.1, 0.15) is 19.3 Å². The average Bonchev–Trinajstić information content (AvgIpc) is 2.88. The van der Waals surface area contributed by atoms with Crippen molar-refractivity contribution in [2.24, 2.45) is 0 Å². The Morgan fingerprint density at radius 2 is 2.04 bits per heavy atom. The number of nitrogens with zero attached hydrogens (tertiary/aromatic N) is 1. The van der Waals surface area contributed by atoms with E-state index in [2.05, 4.69) is 0 Å². The van der Waals surface area contributed by atoms with Crippen LogP contribution in [0.1, 0.15) is 19.4 Å². The van der Waals surface area contributed by atoms with Crippen LogP contribution in [0, 0.1) is 0 Å². The molecule has 2 heterocycles. The number of rotatable bonds is 4. The number of carbonyl (C=O) groups is 3. The highest BCUT2D eigenvalue weighted by atomic mass is 32.2. The molecular weight excluding hydrogens is 346 g/mol. The van der Waals surface area contributed by atoms with Gasteiger partial charge in [0.05, 0.1) is 11.5 Å². The van der Waals surface area contributed by atoms with Gasteiger partial charge in [-0.15, -0.1) is 0 Å². The predicted octanol–water partition coefficient (Wildman–Crippen LogP) is 2.45. The third kappa shape index (κ3) is 3.48. The summed E-state index contributed by atoms with van der Waals surface area (Å²) in [6.45, 7) is 4.29. The highest BCUT2D eigenvalue weighted by Crippen LogP contribution is 2.36. The SMILES string of the molecule is CCOC(=O)[C@H](C)N1C(=O)S/C(=C\c2ccc3c(c2)OCCO3)C1=O.